The largest absolute Gasteiger partial charge is 0.480 e. The van der Waals surface area contributed by atoms with Gasteiger partial charge in [0.1, 0.15) is 42.3 Å². The van der Waals surface area contributed by atoms with Crippen molar-refractivity contribution in [2.24, 2.45) is 50.1 Å². The van der Waals surface area contributed by atoms with E-state index in [0.717, 1.165) is 0 Å². The fraction of sp³-hybridized carbons (Fsp3) is 0.453. The lowest BCUT2D eigenvalue weighted by molar-refractivity contribution is -0.142. The van der Waals surface area contributed by atoms with Gasteiger partial charge in [0.05, 0.1) is 31.9 Å². The third-order valence-electron chi connectivity index (χ3n) is 13.0. The number of aromatic amines is 2. The Balaban J connectivity index is 1.60. The van der Waals surface area contributed by atoms with E-state index in [9.17, 15) is 58.2 Å². The van der Waals surface area contributed by atoms with Crippen LogP contribution in [-0.2, 0) is 67.2 Å². The molecule has 9 amide bonds. The number of hydrogen-bond acceptors (Lipinski definition) is 16. The summed E-state index contributed by atoms with van der Waals surface area (Å²) >= 11 is 0. The van der Waals surface area contributed by atoms with E-state index >= 15 is 0 Å². The normalized spacial score (nSPS) is 13.8. The second-order valence-corrected chi connectivity index (χ2v) is 19.7. The first-order valence-electron chi connectivity index (χ1n) is 27.2. The number of hydrogen-bond donors (Lipinski definition) is 19. The van der Waals surface area contributed by atoms with Crippen LogP contribution < -0.4 is 82.7 Å². The van der Waals surface area contributed by atoms with Crippen LogP contribution in [0.5, 0.6) is 0 Å². The fourth-order valence-electron chi connectivity index (χ4n) is 8.57. The predicted octanol–water partition coefficient (Wildman–Crippen LogP) is -6.06. The molecule has 0 bridgehead atoms. The van der Waals surface area contributed by atoms with Gasteiger partial charge in [0.2, 0.25) is 53.2 Å². The molecule has 0 aliphatic carbocycles. The highest BCUT2D eigenvalue weighted by Gasteiger charge is 2.34. The lowest BCUT2D eigenvalue weighted by atomic mass is 10.0. The van der Waals surface area contributed by atoms with Crippen LogP contribution in [0.25, 0.3) is 10.9 Å². The highest BCUT2D eigenvalue weighted by atomic mass is 16.4. The highest BCUT2D eigenvalue weighted by molar-refractivity contribution is 5.99. The monoisotopic (exact) mass is 1190 g/mol. The first-order chi connectivity index (χ1) is 40.6. The van der Waals surface area contributed by atoms with Crippen molar-refractivity contribution in [2.75, 3.05) is 32.8 Å². The average Bonchev–Trinajstić information content (AvgIpc) is 3.69. The number of aromatic nitrogens is 3. The van der Waals surface area contributed by atoms with Crippen molar-refractivity contribution >= 4 is 82.0 Å². The number of nitrogens with one attached hydrogen (secondary N) is 10. The van der Waals surface area contributed by atoms with E-state index in [4.69, 9.17) is 40.1 Å². The van der Waals surface area contributed by atoms with Crippen LogP contribution >= 0.6 is 0 Å². The number of aliphatic hydroxyl groups is 1. The Kier molecular flexibility index (Phi) is 28.2. The second kappa shape index (κ2) is 35.3. The number of nitrogens with zero attached hydrogens (tertiary/aromatic N) is 3. The molecule has 26 N–H and O–H groups in total. The Bertz CT molecular complexity index is 2930. The van der Waals surface area contributed by atoms with Crippen LogP contribution in [0.3, 0.4) is 0 Å². The van der Waals surface area contributed by atoms with Gasteiger partial charge in [-0.2, -0.15) is 0 Å². The summed E-state index contributed by atoms with van der Waals surface area (Å²) in [6, 6.07) is 3.76. The molecule has 2 aromatic heterocycles. The number of carboxylic acids is 1. The van der Waals surface area contributed by atoms with Crippen molar-refractivity contribution in [3.05, 3.63) is 90.1 Å². The van der Waals surface area contributed by atoms with Gasteiger partial charge in [-0.1, -0.05) is 55.0 Å². The molecule has 85 heavy (non-hydrogen) atoms. The quantitative estimate of drug-likeness (QED) is 0.0113. The lowest BCUT2D eigenvalue weighted by Crippen LogP contribution is -2.60. The smallest absolute Gasteiger partial charge is 0.326 e. The standard InChI is InChI=1S/C53H78N20O12/c54-17-7-6-13-33(55)44(77)69-39(23-42(56)75)49(82)68-35(15-8-18-62-52(57)58)45(78)65-26-43(76)67-36(16-9-19-63-53(59)60)46(79)71-38(21-30-24-64-34-14-5-4-12-32(30)34)48(81)70-37(20-29-10-2-1-3-11-29)47(80)73-41(27-74)50(83)72-40(51(84)85)22-31-25-61-28-66-31/h1-5,10-12,14,24-25,28,33,35-41,64,74H,6-9,13,15-23,26-27,54-55H2,(H2,56,75)(H,61,66)(H,65,78)(H,67,76)(H,68,82)(H,69,77)(H,70,81)(H,71,79)(H,72,83)(H,73,80)(H,84,85)(H4,57,58,62)(H4,59,60,63)/t33-,35-,36-,37-,38-,39-,40-,41-/m0/s1. The van der Waals surface area contributed by atoms with Crippen molar-refractivity contribution in [2.45, 2.75) is 119 Å². The van der Waals surface area contributed by atoms with Crippen LogP contribution in [-0.4, -0.2) is 177 Å². The van der Waals surface area contributed by atoms with Gasteiger partial charge in [0, 0.05) is 61.3 Å². The van der Waals surface area contributed by atoms with Gasteiger partial charge in [-0.15, -0.1) is 0 Å². The Labute approximate surface area is 488 Å². The molecule has 0 spiro atoms. The van der Waals surface area contributed by atoms with Gasteiger partial charge < -0.3 is 103 Å². The number of imidazole rings is 1. The summed E-state index contributed by atoms with van der Waals surface area (Å²) in [6.07, 6.45) is 4.23. The number of amides is 9. The molecule has 2 heterocycles. The van der Waals surface area contributed by atoms with Crippen LogP contribution in [0.1, 0.15) is 68.2 Å². The summed E-state index contributed by atoms with van der Waals surface area (Å²) in [4.78, 5) is 153. The number of primary amides is 1. The number of aliphatic carboxylic acids is 1. The summed E-state index contributed by atoms with van der Waals surface area (Å²) in [7, 11) is 0. The van der Waals surface area contributed by atoms with E-state index in [2.05, 4.69) is 67.5 Å². The van der Waals surface area contributed by atoms with E-state index in [1.807, 2.05) is 0 Å². The average molecular weight is 1190 g/mol. The van der Waals surface area contributed by atoms with Gasteiger partial charge in [0.15, 0.2) is 11.9 Å². The molecular formula is C53H78N20O12. The van der Waals surface area contributed by atoms with Gasteiger partial charge >= 0.3 is 5.97 Å². The minimum absolute atomic E-state index is 0.00611. The topological polar surface area (TPSA) is 559 Å². The summed E-state index contributed by atoms with van der Waals surface area (Å²) < 4.78 is 0. The molecule has 462 valence electrons. The molecular weight excluding hydrogens is 1110 g/mol. The number of unbranched alkanes of at least 4 members (excludes halogenated alkanes) is 1. The third-order valence-corrected chi connectivity index (χ3v) is 13.0. The molecule has 0 aliphatic rings. The maximum Gasteiger partial charge on any atom is 0.326 e. The molecule has 32 nitrogen and oxygen atoms in total. The summed E-state index contributed by atoms with van der Waals surface area (Å²) in [5.74, 6) is -10.4. The van der Waals surface area contributed by atoms with E-state index in [0.29, 0.717) is 47.1 Å². The van der Waals surface area contributed by atoms with Crippen LogP contribution in [0.15, 0.2) is 83.3 Å². The van der Waals surface area contributed by atoms with E-state index in [-0.39, 0.29) is 76.4 Å². The number of rotatable bonds is 38. The number of benzene rings is 2. The number of carboxylic acid groups (broad SMARTS) is 1. The minimum Gasteiger partial charge on any atom is -0.480 e. The zero-order chi connectivity index (χ0) is 62.4. The van der Waals surface area contributed by atoms with E-state index in [1.165, 1.54) is 12.5 Å². The number of para-hydroxylation sites is 1. The number of aliphatic hydroxyl groups excluding tert-OH is 1. The Morgan fingerprint density at radius 2 is 1.11 bits per heavy atom. The van der Waals surface area contributed by atoms with Gasteiger partial charge in [-0.25, -0.2) is 9.78 Å². The number of carbonyl (C=O) groups excluding carboxylic acids is 9. The van der Waals surface area contributed by atoms with Gasteiger partial charge in [-0.05, 0) is 62.3 Å². The Morgan fingerprint density at radius 3 is 1.69 bits per heavy atom. The molecule has 0 fully saturated rings. The Morgan fingerprint density at radius 1 is 0.565 bits per heavy atom. The molecule has 4 rings (SSSR count). The van der Waals surface area contributed by atoms with Crippen molar-refractivity contribution in [1.82, 2.24) is 57.5 Å². The molecule has 0 aliphatic heterocycles. The second-order valence-electron chi connectivity index (χ2n) is 19.7. The molecule has 4 aromatic rings. The zero-order valence-corrected chi connectivity index (χ0v) is 46.7. The zero-order valence-electron chi connectivity index (χ0n) is 46.7. The summed E-state index contributed by atoms with van der Waals surface area (Å²) in [5, 5.41) is 40.8. The third kappa shape index (κ3) is 24.0. The van der Waals surface area contributed by atoms with E-state index in [1.54, 1.807) is 60.8 Å². The Hall–Kier alpha value is -9.69. The fourth-order valence-corrected chi connectivity index (χ4v) is 8.57. The van der Waals surface area contributed by atoms with Gasteiger partial charge in [0.25, 0.3) is 0 Å². The number of fused-ring (bicyclic) bond motifs is 1. The van der Waals surface area contributed by atoms with Crippen molar-refractivity contribution in [3.8, 4) is 0 Å². The minimum atomic E-state index is -1.71. The molecule has 0 saturated carbocycles. The first-order valence-corrected chi connectivity index (χ1v) is 27.2. The van der Waals surface area contributed by atoms with Crippen molar-refractivity contribution in [3.63, 3.8) is 0 Å². The molecule has 32 heteroatoms. The lowest BCUT2D eigenvalue weighted by Gasteiger charge is -2.27. The first kappa shape index (κ1) is 67.8. The van der Waals surface area contributed by atoms with Gasteiger partial charge in [-0.3, -0.25) is 53.1 Å². The van der Waals surface area contributed by atoms with Crippen molar-refractivity contribution in [1.29, 1.82) is 0 Å². The number of guanidine groups is 2. The molecule has 8 atom stereocenters. The SMILES string of the molecule is NCCCC[C@H](N)C(=O)N[C@@H](CC(N)=O)C(=O)N[C@@H](CCCN=C(N)N)C(=O)NCC(=O)N[C@@H](CCCN=C(N)N)C(=O)N[C@@H](Cc1c[nH]c2ccccc12)C(=O)N[C@@H](Cc1ccccc1)C(=O)N[C@@H](CO)C(=O)N[C@@H](Cc1cnc[nH]1)C(=O)O. The maximum atomic E-state index is 14.8. The highest BCUT2D eigenvalue weighted by Crippen LogP contribution is 2.20. The maximum absolute atomic E-state index is 14.8. The van der Waals surface area contributed by atoms with Crippen molar-refractivity contribution < 1.29 is 58.2 Å². The summed E-state index contributed by atoms with van der Waals surface area (Å²) in [5.41, 5.74) is 41.1. The molecule has 0 radical (unpaired) electrons. The predicted molar refractivity (Wildman–Crippen MR) is 310 cm³/mol. The molecule has 2 aromatic carbocycles. The van der Waals surface area contributed by atoms with E-state index < -0.39 is 127 Å². The molecule has 0 saturated heterocycles. The van der Waals surface area contributed by atoms with Crippen LogP contribution in [0.4, 0.5) is 0 Å². The molecule has 0 unspecified atom stereocenters. The number of carbonyl (C=O) groups is 10. The van der Waals surface area contributed by atoms with Crippen LogP contribution in [0, 0.1) is 0 Å². The number of H-pyrrole nitrogens is 2. The number of nitrogens with two attached hydrogens (primary N) is 7. The van der Waals surface area contributed by atoms with Crippen LogP contribution in [0.2, 0.25) is 0 Å². The summed E-state index contributed by atoms with van der Waals surface area (Å²) in [6.45, 7) is -1.42. The number of aliphatic imine (C=N–C) groups is 2.